The van der Waals surface area contributed by atoms with Crippen LogP contribution in [-0.2, 0) is 22.8 Å². The minimum Gasteiger partial charge on any atom is -0.489 e. The summed E-state index contributed by atoms with van der Waals surface area (Å²) in [5.41, 5.74) is 3.17. The van der Waals surface area contributed by atoms with Crippen LogP contribution in [0, 0.1) is 0 Å². The molecule has 2 aliphatic heterocycles. The van der Waals surface area contributed by atoms with Gasteiger partial charge >= 0.3 is 6.09 Å². The summed E-state index contributed by atoms with van der Waals surface area (Å²) in [7, 11) is -3.19. The second-order valence-corrected chi connectivity index (χ2v) is 9.64. The first-order valence-electron chi connectivity index (χ1n) is 9.61. The molecule has 2 heterocycles. The fourth-order valence-electron chi connectivity index (χ4n) is 3.92. The Hall–Kier alpha value is -2.74. The number of hydrogen-bond acceptors (Lipinski definition) is 5. The third kappa shape index (κ3) is 4.32. The lowest BCUT2D eigenvalue weighted by molar-refractivity contribution is 0.140. The quantitative estimate of drug-likeness (QED) is 0.825. The van der Waals surface area contributed by atoms with E-state index < -0.39 is 15.9 Å². The smallest absolute Gasteiger partial charge is 0.407 e. The van der Waals surface area contributed by atoms with Gasteiger partial charge in [0.25, 0.3) is 0 Å². The van der Waals surface area contributed by atoms with Gasteiger partial charge < -0.3 is 19.6 Å². The van der Waals surface area contributed by atoms with Crippen molar-refractivity contribution in [3.8, 4) is 5.75 Å². The van der Waals surface area contributed by atoms with Gasteiger partial charge in [0.15, 0.2) is 9.84 Å². The van der Waals surface area contributed by atoms with Crippen LogP contribution in [0.5, 0.6) is 5.75 Å². The highest BCUT2D eigenvalue weighted by molar-refractivity contribution is 7.90. The van der Waals surface area contributed by atoms with E-state index >= 15 is 0 Å². The Balaban J connectivity index is 1.39. The summed E-state index contributed by atoms with van der Waals surface area (Å²) in [6.07, 6.45) is 1.97. The van der Waals surface area contributed by atoms with Crippen molar-refractivity contribution in [3.05, 3.63) is 53.6 Å². The summed E-state index contributed by atoms with van der Waals surface area (Å²) in [5.74, 6) is 0.812. The third-order valence-corrected chi connectivity index (χ3v) is 6.67. The summed E-state index contributed by atoms with van der Waals surface area (Å²) < 4.78 is 29.4. The predicted octanol–water partition coefficient (Wildman–Crippen LogP) is 2.78. The number of rotatable bonds is 4. The molecule has 2 aliphatic rings. The molecule has 1 amide bonds. The number of fused-ring (bicyclic) bond motifs is 1. The SMILES string of the molecule is CS(=O)(=O)c1ccc(N2CCC(Oc3ccc4c(c3)CCN(C(=O)O)C4)C2)cc1. The number of ether oxygens (including phenoxy) is 1. The maximum Gasteiger partial charge on any atom is 0.407 e. The molecule has 1 atom stereocenters. The van der Waals surface area contributed by atoms with Crippen LogP contribution in [0.4, 0.5) is 10.5 Å². The number of sulfone groups is 1. The van der Waals surface area contributed by atoms with Crippen LogP contribution in [0.1, 0.15) is 17.5 Å². The first-order chi connectivity index (χ1) is 13.8. The number of carboxylic acid groups (broad SMARTS) is 1. The highest BCUT2D eigenvalue weighted by Crippen LogP contribution is 2.28. The monoisotopic (exact) mass is 416 g/mol. The van der Waals surface area contributed by atoms with E-state index in [0.29, 0.717) is 24.4 Å². The van der Waals surface area contributed by atoms with Crippen LogP contribution in [-0.4, -0.2) is 56.5 Å². The Kier molecular flexibility index (Phi) is 5.12. The molecule has 4 rings (SSSR count). The van der Waals surface area contributed by atoms with Gasteiger partial charge in [-0.2, -0.15) is 0 Å². The van der Waals surface area contributed by atoms with E-state index in [-0.39, 0.29) is 6.10 Å². The van der Waals surface area contributed by atoms with Crippen molar-refractivity contribution in [2.45, 2.75) is 30.4 Å². The van der Waals surface area contributed by atoms with Crippen molar-refractivity contribution in [2.75, 3.05) is 30.8 Å². The molecule has 0 aliphatic carbocycles. The summed E-state index contributed by atoms with van der Waals surface area (Å²) in [4.78, 5) is 15.1. The van der Waals surface area contributed by atoms with Crippen molar-refractivity contribution in [1.82, 2.24) is 4.90 Å². The molecule has 1 unspecified atom stereocenters. The average molecular weight is 416 g/mol. The molecule has 0 aromatic heterocycles. The lowest BCUT2D eigenvalue weighted by Gasteiger charge is -2.27. The van der Waals surface area contributed by atoms with Crippen molar-refractivity contribution in [2.24, 2.45) is 0 Å². The molecule has 7 nitrogen and oxygen atoms in total. The average Bonchev–Trinajstić information content (AvgIpc) is 3.15. The minimum atomic E-state index is -3.19. The molecule has 8 heteroatoms. The molecule has 0 radical (unpaired) electrons. The number of nitrogens with zero attached hydrogens (tertiary/aromatic N) is 2. The Morgan fingerprint density at radius 1 is 1.10 bits per heavy atom. The van der Waals surface area contributed by atoms with Gasteiger partial charge in [0.2, 0.25) is 0 Å². The summed E-state index contributed by atoms with van der Waals surface area (Å²) in [5, 5.41) is 9.15. The van der Waals surface area contributed by atoms with Gasteiger partial charge in [0.05, 0.1) is 11.4 Å². The minimum absolute atomic E-state index is 0.0572. The van der Waals surface area contributed by atoms with Crippen molar-refractivity contribution in [1.29, 1.82) is 0 Å². The van der Waals surface area contributed by atoms with E-state index in [0.717, 1.165) is 42.1 Å². The number of amides is 1. The molecule has 29 heavy (non-hydrogen) atoms. The standard InChI is InChI=1S/C21H24N2O5S/c1-29(26,27)20-6-3-17(4-7-20)22-11-9-19(14-22)28-18-5-2-16-13-23(21(24)25)10-8-15(16)12-18/h2-7,12,19H,8-11,13-14H2,1H3,(H,24,25). The van der Waals surface area contributed by atoms with E-state index in [2.05, 4.69) is 4.90 Å². The van der Waals surface area contributed by atoms with Gasteiger partial charge in [0, 0.05) is 38.0 Å². The summed E-state index contributed by atoms with van der Waals surface area (Å²) in [6.45, 7) is 2.52. The zero-order valence-corrected chi connectivity index (χ0v) is 17.1. The fourth-order valence-corrected chi connectivity index (χ4v) is 4.55. The molecule has 154 valence electrons. The van der Waals surface area contributed by atoms with Crippen LogP contribution >= 0.6 is 0 Å². The molecule has 1 N–H and O–H groups in total. The molecular weight excluding hydrogens is 392 g/mol. The third-order valence-electron chi connectivity index (χ3n) is 5.54. The summed E-state index contributed by atoms with van der Waals surface area (Å²) >= 11 is 0. The van der Waals surface area contributed by atoms with Crippen molar-refractivity contribution >= 4 is 21.6 Å². The maximum atomic E-state index is 11.6. The molecule has 0 bridgehead atoms. The van der Waals surface area contributed by atoms with Gasteiger partial charge in [-0.15, -0.1) is 0 Å². The van der Waals surface area contributed by atoms with Gasteiger partial charge in [-0.25, -0.2) is 13.2 Å². The van der Waals surface area contributed by atoms with E-state index in [1.165, 1.54) is 11.2 Å². The molecule has 1 saturated heterocycles. The van der Waals surface area contributed by atoms with Gasteiger partial charge in [-0.3, -0.25) is 0 Å². The first kappa shape index (κ1) is 19.6. The van der Waals surface area contributed by atoms with Gasteiger partial charge in [-0.1, -0.05) is 6.07 Å². The van der Waals surface area contributed by atoms with Gasteiger partial charge in [-0.05, 0) is 53.9 Å². The second-order valence-electron chi connectivity index (χ2n) is 7.63. The molecular formula is C21H24N2O5S. The fraction of sp³-hybridized carbons (Fsp3) is 0.381. The number of benzene rings is 2. The molecule has 0 saturated carbocycles. The first-order valence-corrected chi connectivity index (χ1v) is 11.5. The van der Waals surface area contributed by atoms with Crippen molar-refractivity contribution in [3.63, 3.8) is 0 Å². The lowest BCUT2D eigenvalue weighted by atomic mass is 10.00. The highest BCUT2D eigenvalue weighted by atomic mass is 32.2. The zero-order valence-electron chi connectivity index (χ0n) is 16.2. The Labute approximate surface area is 170 Å². The predicted molar refractivity (Wildman–Crippen MR) is 109 cm³/mol. The number of anilines is 1. The van der Waals surface area contributed by atoms with Crippen LogP contribution in [0.2, 0.25) is 0 Å². The van der Waals surface area contributed by atoms with E-state index in [9.17, 15) is 13.2 Å². The van der Waals surface area contributed by atoms with Crippen LogP contribution < -0.4 is 9.64 Å². The van der Waals surface area contributed by atoms with Crippen molar-refractivity contribution < 1.29 is 23.1 Å². The normalized spacial score (nSPS) is 19.1. The molecule has 2 aromatic rings. The Morgan fingerprint density at radius 2 is 1.86 bits per heavy atom. The highest BCUT2D eigenvalue weighted by Gasteiger charge is 2.25. The second kappa shape index (κ2) is 7.59. The van der Waals surface area contributed by atoms with Gasteiger partial charge in [0.1, 0.15) is 11.9 Å². The lowest BCUT2D eigenvalue weighted by Crippen LogP contribution is -2.34. The Bertz CT molecular complexity index is 1020. The number of hydrogen-bond donors (Lipinski definition) is 1. The van der Waals surface area contributed by atoms with E-state index in [1.54, 1.807) is 12.1 Å². The topological polar surface area (TPSA) is 87.2 Å². The Morgan fingerprint density at radius 3 is 2.55 bits per heavy atom. The van der Waals surface area contributed by atoms with Crippen LogP contribution in [0.25, 0.3) is 0 Å². The molecule has 2 aromatic carbocycles. The largest absolute Gasteiger partial charge is 0.489 e. The molecule has 0 spiro atoms. The zero-order chi connectivity index (χ0) is 20.6. The molecule has 1 fully saturated rings. The number of carbonyl (C=O) groups is 1. The maximum absolute atomic E-state index is 11.6. The van der Waals surface area contributed by atoms with Crippen LogP contribution in [0.3, 0.4) is 0 Å². The van der Waals surface area contributed by atoms with E-state index in [4.69, 9.17) is 9.84 Å². The van der Waals surface area contributed by atoms with E-state index in [1.807, 2.05) is 30.3 Å². The summed E-state index contributed by atoms with van der Waals surface area (Å²) in [6, 6.07) is 12.9. The van der Waals surface area contributed by atoms with Crippen LogP contribution in [0.15, 0.2) is 47.4 Å².